The van der Waals surface area contributed by atoms with Gasteiger partial charge in [0.2, 0.25) is 0 Å². The number of likely N-dealkylation sites (N-methyl/N-ethyl adjacent to an activating group) is 1. The Balaban J connectivity index is 2.05. The highest BCUT2D eigenvalue weighted by Crippen LogP contribution is 2.46. The third kappa shape index (κ3) is 1.41. The summed E-state index contributed by atoms with van der Waals surface area (Å²) in [7, 11) is 1.99. The van der Waals surface area contributed by atoms with Gasteiger partial charge in [0, 0.05) is 18.2 Å². The van der Waals surface area contributed by atoms with Gasteiger partial charge in [-0.1, -0.05) is 0 Å². The van der Waals surface area contributed by atoms with Crippen molar-refractivity contribution in [2.24, 2.45) is 0 Å². The van der Waals surface area contributed by atoms with E-state index in [-0.39, 0.29) is 5.41 Å². The molecule has 0 atom stereocenters. The van der Waals surface area contributed by atoms with Gasteiger partial charge in [-0.15, -0.1) is 0 Å². The van der Waals surface area contributed by atoms with Gasteiger partial charge in [0.05, 0.1) is 0 Å². The van der Waals surface area contributed by atoms with Crippen molar-refractivity contribution in [3.63, 3.8) is 0 Å². The van der Waals surface area contributed by atoms with Crippen molar-refractivity contribution < 1.29 is 0 Å². The topological polar surface area (TPSA) is 42.2 Å². The number of rotatable bonds is 3. The first-order valence-corrected chi connectivity index (χ1v) is 5.72. The van der Waals surface area contributed by atoms with Gasteiger partial charge < -0.3 is 5.32 Å². The fourth-order valence-electron chi connectivity index (χ4n) is 2.18. The minimum absolute atomic E-state index is 0.203. The molecule has 16 heavy (non-hydrogen) atoms. The highest BCUT2D eigenvalue weighted by atomic mass is 15.3. The Morgan fingerprint density at radius 2 is 2.31 bits per heavy atom. The molecule has 0 bridgehead atoms. The molecule has 2 aromatic heterocycles. The molecule has 1 aliphatic carbocycles. The Bertz CT molecular complexity index is 525. The second-order valence-electron chi connectivity index (χ2n) is 4.75. The second-order valence-corrected chi connectivity index (χ2v) is 4.75. The fourth-order valence-corrected chi connectivity index (χ4v) is 2.18. The highest BCUT2D eigenvalue weighted by Gasteiger charge is 2.47. The van der Waals surface area contributed by atoms with E-state index < -0.39 is 0 Å². The van der Waals surface area contributed by atoms with Crippen molar-refractivity contribution in [1.29, 1.82) is 0 Å². The SMILES string of the molecule is CNCC1(c2nc3cc(C)ccn3n2)CC1. The normalized spacial score (nSPS) is 17.9. The zero-order valence-corrected chi connectivity index (χ0v) is 9.70. The number of pyridine rings is 1. The summed E-state index contributed by atoms with van der Waals surface area (Å²) in [6.07, 6.45) is 4.38. The first-order valence-electron chi connectivity index (χ1n) is 5.72. The van der Waals surface area contributed by atoms with Crippen molar-refractivity contribution in [3.05, 3.63) is 29.7 Å². The van der Waals surface area contributed by atoms with Crippen LogP contribution in [0.2, 0.25) is 0 Å². The van der Waals surface area contributed by atoms with E-state index in [1.807, 2.05) is 17.8 Å². The van der Waals surface area contributed by atoms with E-state index >= 15 is 0 Å². The molecular formula is C12H16N4. The predicted octanol–water partition coefficient (Wildman–Crippen LogP) is 1.29. The monoisotopic (exact) mass is 216 g/mol. The fraction of sp³-hybridized carbons (Fsp3) is 0.500. The molecule has 1 N–H and O–H groups in total. The molecular weight excluding hydrogens is 200 g/mol. The Morgan fingerprint density at radius 3 is 3.00 bits per heavy atom. The first-order chi connectivity index (χ1) is 7.73. The lowest BCUT2D eigenvalue weighted by atomic mass is 10.1. The minimum Gasteiger partial charge on any atom is -0.319 e. The summed E-state index contributed by atoms with van der Waals surface area (Å²) in [4.78, 5) is 4.64. The van der Waals surface area contributed by atoms with Crippen molar-refractivity contribution >= 4 is 5.65 Å². The smallest absolute Gasteiger partial charge is 0.159 e. The van der Waals surface area contributed by atoms with E-state index in [9.17, 15) is 0 Å². The quantitative estimate of drug-likeness (QED) is 0.840. The Kier molecular flexibility index (Phi) is 2.01. The summed E-state index contributed by atoms with van der Waals surface area (Å²) in [5.74, 6) is 0.993. The van der Waals surface area contributed by atoms with Crippen LogP contribution in [-0.4, -0.2) is 28.2 Å². The minimum atomic E-state index is 0.203. The summed E-state index contributed by atoms with van der Waals surface area (Å²) >= 11 is 0. The molecule has 4 nitrogen and oxygen atoms in total. The molecule has 1 aliphatic rings. The van der Waals surface area contributed by atoms with Gasteiger partial charge in [0.25, 0.3) is 0 Å². The maximum absolute atomic E-state index is 4.64. The van der Waals surface area contributed by atoms with Crippen LogP contribution in [0.25, 0.3) is 5.65 Å². The molecule has 2 heterocycles. The number of hydrogen-bond acceptors (Lipinski definition) is 3. The summed E-state index contributed by atoms with van der Waals surface area (Å²) in [5.41, 5.74) is 2.39. The summed E-state index contributed by atoms with van der Waals surface area (Å²) in [6, 6.07) is 4.13. The van der Waals surface area contributed by atoms with Gasteiger partial charge in [0.15, 0.2) is 11.5 Å². The standard InChI is InChI=1S/C12H16N4/c1-9-3-6-16-10(7-9)14-11(15-16)12(4-5-12)8-13-2/h3,6-7,13H,4-5,8H2,1-2H3. The lowest BCUT2D eigenvalue weighted by Crippen LogP contribution is -2.24. The third-order valence-corrected chi connectivity index (χ3v) is 3.34. The van der Waals surface area contributed by atoms with Gasteiger partial charge in [-0.25, -0.2) is 9.50 Å². The van der Waals surface area contributed by atoms with Crippen LogP contribution < -0.4 is 5.32 Å². The van der Waals surface area contributed by atoms with E-state index in [0.717, 1.165) is 18.0 Å². The van der Waals surface area contributed by atoms with Crippen LogP contribution in [0.4, 0.5) is 0 Å². The Labute approximate surface area is 94.7 Å². The number of hydrogen-bond donors (Lipinski definition) is 1. The van der Waals surface area contributed by atoms with Gasteiger partial charge in [-0.05, 0) is 44.5 Å². The van der Waals surface area contributed by atoms with Crippen LogP contribution in [0.3, 0.4) is 0 Å². The van der Waals surface area contributed by atoms with Gasteiger partial charge in [-0.2, -0.15) is 5.10 Å². The zero-order chi connectivity index (χ0) is 11.2. The summed E-state index contributed by atoms with van der Waals surface area (Å²) in [6.45, 7) is 3.05. The zero-order valence-electron chi connectivity index (χ0n) is 9.70. The van der Waals surface area contributed by atoms with Gasteiger partial charge in [-0.3, -0.25) is 0 Å². The molecule has 0 aliphatic heterocycles. The Hall–Kier alpha value is -1.42. The van der Waals surface area contributed by atoms with Gasteiger partial charge in [0.1, 0.15) is 0 Å². The molecule has 0 saturated heterocycles. The van der Waals surface area contributed by atoms with Crippen LogP contribution in [-0.2, 0) is 5.41 Å². The molecule has 3 rings (SSSR count). The molecule has 0 spiro atoms. The van der Waals surface area contributed by atoms with Crippen molar-refractivity contribution in [2.75, 3.05) is 13.6 Å². The number of nitrogens with one attached hydrogen (secondary N) is 1. The molecule has 0 amide bonds. The van der Waals surface area contributed by atoms with Gasteiger partial charge >= 0.3 is 0 Å². The molecule has 0 unspecified atom stereocenters. The van der Waals surface area contributed by atoms with Crippen LogP contribution in [0.15, 0.2) is 18.3 Å². The van der Waals surface area contributed by atoms with E-state index in [0.29, 0.717) is 0 Å². The second kappa shape index (κ2) is 3.28. The van der Waals surface area contributed by atoms with Crippen LogP contribution in [0, 0.1) is 6.92 Å². The highest BCUT2D eigenvalue weighted by molar-refractivity contribution is 5.41. The van der Waals surface area contributed by atoms with Crippen molar-refractivity contribution in [1.82, 2.24) is 19.9 Å². The third-order valence-electron chi connectivity index (χ3n) is 3.34. The molecule has 1 saturated carbocycles. The van der Waals surface area contributed by atoms with Crippen LogP contribution in [0.1, 0.15) is 24.2 Å². The molecule has 1 fully saturated rings. The lowest BCUT2D eigenvalue weighted by molar-refractivity contribution is 0.587. The van der Waals surface area contributed by atoms with Crippen molar-refractivity contribution in [3.8, 4) is 0 Å². The average molecular weight is 216 g/mol. The molecule has 2 aromatic rings. The van der Waals surface area contributed by atoms with Crippen LogP contribution >= 0.6 is 0 Å². The maximum Gasteiger partial charge on any atom is 0.159 e. The summed E-state index contributed by atoms with van der Waals surface area (Å²) in [5, 5.41) is 7.81. The number of aromatic nitrogens is 3. The largest absolute Gasteiger partial charge is 0.319 e. The molecule has 4 heteroatoms. The molecule has 0 aromatic carbocycles. The number of aryl methyl sites for hydroxylation is 1. The average Bonchev–Trinajstić information content (AvgIpc) is 2.91. The predicted molar refractivity (Wildman–Crippen MR) is 62.6 cm³/mol. The first kappa shape index (κ1) is 9.78. The lowest BCUT2D eigenvalue weighted by Gasteiger charge is -2.08. The molecule has 84 valence electrons. The van der Waals surface area contributed by atoms with E-state index in [1.54, 1.807) is 0 Å². The summed E-state index contributed by atoms with van der Waals surface area (Å²) < 4.78 is 1.87. The van der Waals surface area contributed by atoms with E-state index in [2.05, 4.69) is 34.5 Å². The maximum atomic E-state index is 4.64. The number of nitrogens with zero attached hydrogens (tertiary/aromatic N) is 3. The van der Waals surface area contributed by atoms with Crippen LogP contribution in [0.5, 0.6) is 0 Å². The van der Waals surface area contributed by atoms with E-state index in [4.69, 9.17) is 0 Å². The number of fused-ring (bicyclic) bond motifs is 1. The Morgan fingerprint density at radius 1 is 1.50 bits per heavy atom. The molecule has 0 radical (unpaired) electrons. The van der Waals surface area contributed by atoms with E-state index in [1.165, 1.54) is 18.4 Å². The van der Waals surface area contributed by atoms with Crippen molar-refractivity contribution in [2.45, 2.75) is 25.2 Å².